The second-order valence-corrected chi connectivity index (χ2v) is 8.10. The van der Waals surface area contributed by atoms with Gasteiger partial charge in [0.25, 0.3) is 0 Å². The van der Waals surface area contributed by atoms with E-state index in [0.717, 1.165) is 17.4 Å². The Labute approximate surface area is 142 Å². The predicted octanol–water partition coefficient (Wildman–Crippen LogP) is 2.95. The monoisotopic (exact) mass is 347 g/mol. The molecule has 0 heterocycles. The van der Waals surface area contributed by atoms with Crippen molar-refractivity contribution < 1.29 is 17.9 Å². The van der Waals surface area contributed by atoms with Gasteiger partial charge in [-0.05, 0) is 37.1 Å². The van der Waals surface area contributed by atoms with Gasteiger partial charge in [-0.15, -0.1) is 0 Å². The summed E-state index contributed by atoms with van der Waals surface area (Å²) in [5.41, 5.74) is 2.44. The van der Waals surface area contributed by atoms with Crippen molar-refractivity contribution in [3.05, 3.63) is 59.7 Å². The molecular weight excluding hydrogens is 326 g/mol. The van der Waals surface area contributed by atoms with Crippen LogP contribution in [0.15, 0.2) is 48.5 Å². The number of hydrogen-bond acceptors (Lipinski definition) is 4. The molecule has 5 nitrogen and oxygen atoms in total. The zero-order chi connectivity index (χ0) is 17.7. The molecule has 6 heteroatoms. The highest BCUT2D eigenvalue weighted by atomic mass is 32.2. The van der Waals surface area contributed by atoms with E-state index in [4.69, 9.17) is 4.74 Å². The fourth-order valence-corrected chi connectivity index (χ4v) is 2.46. The predicted molar refractivity (Wildman–Crippen MR) is 94.9 cm³/mol. The summed E-state index contributed by atoms with van der Waals surface area (Å²) >= 11 is 0. The van der Waals surface area contributed by atoms with E-state index in [1.54, 1.807) is 6.07 Å². The molecule has 2 rings (SSSR count). The molecule has 0 aromatic heterocycles. The topological polar surface area (TPSA) is 72.5 Å². The number of carbonyl (C=O) groups excluding carboxylic acids is 1. The third kappa shape index (κ3) is 4.83. The van der Waals surface area contributed by atoms with Crippen LogP contribution < -0.4 is 10.1 Å². The summed E-state index contributed by atoms with van der Waals surface area (Å²) in [6, 6.07) is 15.0. The zero-order valence-electron chi connectivity index (χ0n) is 13.9. The second-order valence-electron chi connectivity index (χ2n) is 5.73. The SMILES string of the molecule is Cc1ccc(NC(=O)[C@H](C)S(C)(=O)=O)c(OCc2ccccc2)c1. The lowest BCUT2D eigenvalue weighted by atomic mass is 10.2. The summed E-state index contributed by atoms with van der Waals surface area (Å²) in [5, 5.41) is 1.51. The first-order chi connectivity index (χ1) is 11.3. The molecule has 24 heavy (non-hydrogen) atoms. The molecule has 0 spiro atoms. The Bertz CT molecular complexity index is 816. The molecule has 0 bridgehead atoms. The number of amides is 1. The van der Waals surface area contributed by atoms with E-state index in [0.29, 0.717) is 18.0 Å². The van der Waals surface area contributed by atoms with Gasteiger partial charge in [0.2, 0.25) is 5.91 Å². The standard InChI is InChI=1S/C18H21NO4S/c1-13-9-10-16(19-18(20)14(2)24(3,21)22)17(11-13)23-12-15-7-5-4-6-8-15/h4-11,14H,12H2,1-3H3,(H,19,20)/t14-/m0/s1. The maximum Gasteiger partial charge on any atom is 0.242 e. The highest BCUT2D eigenvalue weighted by Crippen LogP contribution is 2.27. The van der Waals surface area contributed by atoms with E-state index in [1.807, 2.05) is 49.4 Å². The van der Waals surface area contributed by atoms with Gasteiger partial charge < -0.3 is 10.1 Å². The van der Waals surface area contributed by atoms with E-state index in [1.165, 1.54) is 6.92 Å². The Kier molecular flexibility index (Phi) is 5.62. The summed E-state index contributed by atoms with van der Waals surface area (Å²) < 4.78 is 28.8. The Morgan fingerprint density at radius 3 is 2.46 bits per heavy atom. The largest absolute Gasteiger partial charge is 0.487 e. The maximum absolute atomic E-state index is 12.1. The number of anilines is 1. The lowest BCUT2D eigenvalue weighted by Crippen LogP contribution is -2.31. The Morgan fingerprint density at radius 2 is 1.83 bits per heavy atom. The molecule has 0 radical (unpaired) electrons. The van der Waals surface area contributed by atoms with Gasteiger partial charge in [0.05, 0.1) is 5.69 Å². The first kappa shape index (κ1) is 18.0. The van der Waals surface area contributed by atoms with Crippen molar-refractivity contribution in [1.29, 1.82) is 0 Å². The number of carbonyl (C=O) groups is 1. The molecule has 0 aliphatic rings. The number of hydrogen-bond donors (Lipinski definition) is 1. The van der Waals surface area contributed by atoms with E-state index < -0.39 is 21.0 Å². The lowest BCUT2D eigenvalue weighted by Gasteiger charge is -2.15. The number of sulfone groups is 1. The molecule has 128 valence electrons. The van der Waals surface area contributed by atoms with Crippen LogP contribution in [0, 0.1) is 6.92 Å². The summed E-state index contributed by atoms with van der Waals surface area (Å²) in [6.07, 6.45) is 1.04. The number of aryl methyl sites for hydroxylation is 1. The van der Waals surface area contributed by atoms with Gasteiger partial charge in [0.15, 0.2) is 9.84 Å². The van der Waals surface area contributed by atoms with Crippen LogP contribution in [0.2, 0.25) is 0 Å². The summed E-state index contributed by atoms with van der Waals surface area (Å²) in [7, 11) is -3.45. The third-order valence-electron chi connectivity index (χ3n) is 3.64. The Morgan fingerprint density at radius 1 is 1.17 bits per heavy atom. The molecule has 0 aliphatic carbocycles. The van der Waals surface area contributed by atoms with Gasteiger partial charge in [0, 0.05) is 6.26 Å². The smallest absolute Gasteiger partial charge is 0.242 e. The summed E-state index contributed by atoms with van der Waals surface area (Å²) in [4.78, 5) is 12.1. The highest BCUT2D eigenvalue weighted by Gasteiger charge is 2.24. The van der Waals surface area contributed by atoms with Crippen LogP contribution in [-0.2, 0) is 21.2 Å². The van der Waals surface area contributed by atoms with Crippen LogP contribution in [0.25, 0.3) is 0 Å². The van der Waals surface area contributed by atoms with Crippen molar-refractivity contribution in [2.24, 2.45) is 0 Å². The molecule has 0 saturated heterocycles. The van der Waals surface area contributed by atoms with Crippen molar-refractivity contribution in [3.63, 3.8) is 0 Å². The van der Waals surface area contributed by atoms with Crippen LogP contribution in [-0.4, -0.2) is 25.8 Å². The minimum Gasteiger partial charge on any atom is -0.487 e. The molecule has 2 aromatic carbocycles. The van der Waals surface area contributed by atoms with Crippen LogP contribution in [0.3, 0.4) is 0 Å². The first-order valence-electron chi connectivity index (χ1n) is 7.54. The van der Waals surface area contributed by atoms with Crippen LogP contribution in [0.5, 0.6) is 5.75 Å². The van der Waals surface area contributed by atoms with Crippen LogP contribution >= 0.6 is 0 Å². The molecular formula is C18H21NO4S. The summed E-state index contributed by atoms with van der Waals surface area (Å²) in [6.45, 7) is 3.64. The van der Waals surface area contributed by atoms with Crippen molar-refractivity contribution in [3.8, 4) is 5.75 Å². The van der Waals surface area contributed by atoms with Crippen molar-refractivity contribution in [2.75, 3.05) is 11.6 Å². The molecule has 1 amide bonds. The fraction of sp³-hybridized carbons (Fsp3) is 0.278. The Hall–Kier alpha value is -2.34. The van der Waals surface area contributed by atoms with E-state index in [-0.39, 0.29) is 0 Å². The quantitative estimate of drug-likeness (QED) is 0.872. The number of nitrogens with one attached hydrogen (secondary N) is 1. The lowest BCUT2D eigenvalue weighted by molar-refractivity contribution is -0.115. The van der Waals surface area contributed by atoms with Gasteiger partial charge >= 0.3 is 0 Å². The number of rotatable bonds is 6. The van der Waals surface area contributed by atoms with E-state index >= 15 is 0 Å². The van der Waals surface area contributed by atoms with Gasteiger partial charge in [-0.1, -0.05) is 36.4 Å². The molecule has 0 fully saturated rings. The molecule has 0 saturated carbocycles. The minimum absolute atomic E-state index is 0.356. The van der Waals surface area contributed by atoms with Crippen molar-refractivity contribution >= 4 is 21.4 Å². The van der Waals surface area contributed by atoms with Crippen LogP contribution in [0.1, 0.15) is 18.1 Å². The minimum atomic E-state index is -3.45. The number of ether oxygens (including phenoxy) is 1. The van der Waals surface area contributed by atoms with Gasteiger partial charge in [-0.25, -0.2) is 8.42 Å². The first-order valence-corrected chi connectivity index (χ1v) is 9.50. The molecule has 1 N–H and O–H groups in total. The normalized spacial score (nSPS) is 12.5. The Balaban J connectivity index is 2.17. The molecule has 0 aliphatic heterocycles. The average molecular weight is 347 g/mol. The fourth-order valence-electron chi connectivity index (χ4n) is 2.02. The molecule has 2 aromatic rings. The van der Waals surface area contributed by atoms with Crippen LogP contribution in [0.4, 0.5) is 5.69 Å². The van der Waals surface area contributed by atoms with Crippen molar-refractivity contribution in [2.45, 2.75) is 25.7 Å². The number of benzene rings is 2. The molecule has 1 atom stereocenters. The van der Waals surface area contributed by atoms with Crippen molar-refractivity contribution in [1.82, 2.24) is 0 Å². The van der Waals surface area contributed by atoms with Gasteiger partial charge in [-0.2, -0.15) is 0 Å². The van der Waals surface area contributed by atoms with Gasteiger partial charge in [0.1, 0.15) is 17.6 Å². The van der Waals surface area contributed by atoms with Gasteiger partial charge in [-0.3, -0.25) is 4.79 Å². The maximum atomic E-state index is 12.1. The average Bonchev–Trinajstić information content (AvgIpc) is 2.54. The summed E-state index contributed by atoms with van der Waals surface area (Å²) in [5.74, 6) is -0.0705. The second kappa shape index (κ2) is 7.49. The van der Waals surface area contributed by atoms with E-state index in [9.17, 15) is 13.2 Å². The zero-order valence-corrected chi connectivity index (χ0v) is 14.8. The highest BCUT2D eigenvalue weighted by molar-refractivity contribution is 7.92. The molecule has 0 unspecified atom stereocenters. The van der Waals surface area contributed by atoms with E-state index in [2.05, 4.69) is 5.32 Å². The third-order valence-corrected chi connectivity index (χ3v) is 5.14.